The zero-order chi connectivity index (χ0) is 12.3. The van der Waals surface area contributed by atoms with Gasteiger partial charge in [-0.25, -0.2) is 0 Å². The maximum Gasteiger partial charge on any atom is 0.307 e. The van der Waals surface area contributed by atoms with Crippen LogP contribution in [0.2, 0.25) is 0 Å². The van der Waals surface area contributed by atoms with E-state index in [1.807, 2.05) is 17.1 Å². The summed E-state index contributed by atoms with van der Waals surface area (Å²) in [4.78, 5) is 13.2. The molecule has 0 aliphatic carbocycles. The molecule has 1 saturated heterocycles. The van der Waals surface area contributed by atoms with Crippen LogP contribution in [0.25, 0.3) is 0 Å². The number of carboxylic acid groups (broad SMARTS) is 1. The predicted molar refractivity (Wildman–Crippen MR) is 63.5 cm³/mol. The number of nitrogens with zero attached hydrogens (tertiary/aromatic N) is 3. The van der Waals surface area contributed by atoms with Crippen molar-refractivity contribution < 1.29 is 9.90 Å². The highest BCUT2D eigenvalue weighted by molar-refractivity contribution is 5.70. The normalized spacial score (nSPS) is 21.6. The summed E-state index contributed by atoms with van der Waals surface area (Å²) in [7, 11) is 0. The molecule has 0 aromatic carbocycles. The number of aliphatic carboxylic acids is 1. The summed E-state index contributed by atoms with van der Waals surface area (Å²) < 4.78 is 1.90. The first-order valence-electron chi connectivity index (χ1n) is 6.15. The van der Waals surface area contributed by atoms with E-state index in [0.717, 1.165) is 38.0 Å². The third kappa shape index (κ3) is 3.06. The molecule has 17 heavy (non-hydrogen) atoms. The molecule has 5 nitrogen and oxygen atoms in total. The lowest BCUT2D eigenvalue weighted by molar-refractivity contribution is -0.143. The first kappa shape index (κ1) is 12.1. The summed E-state index contributed by atoms with van der Waals surface area (Å²) in [6.45, 7) is 5.38. The first-order chi connectivity index (χ1) is 8.19. The summed E-state index contributed by atoms with van der Waals surface area (Å²) in [6, 6.07) is 0. The fourth-order valence-electron chi connectivity index (χ4n) is 2.32. The average Bonchev–Trinajstić information content (AvgIpc) is 2.77. The molecule has 0 unspecified atom stereocenters. The number of hydrogen-bond acceptors (Lipinski definition) is 3. The highest BCUT2D eigenvalue weighted by Crippen LogP contribution is 2.18. The van der Waals surface area contributed by atoms with E-state index in [1.165, 1.54) is 0 Å². The maximum atomic E-state index is 11.0. The van der Waals surface area contributed by atoms with Crippen LogP contribution in [-0.4, -0.2) is 38.8 Å². The zero-order valence-corrected chi connectivity index (χ0v) is 10.2. The van der Waals surface area contributed by atoms with Crippen molar-refractivity contribution in [2.45, 2.75) is 32.9 Å². The monoisotopic (exact) mass is 237 g/mol. The van der Waals surface area contributed by atoms with Crippen LogP contribution >= 0.6 is 0 Å². The van der Waals surface area contributed by atoms with Gasteiger partial charge in [-0.15, -0.1) is 0 Å². The molecule has 1 atom stereocenters. The Morgan fingerprint density at radius 2 is 2.47 bits per heavy atom. The molecule has 2 rings (SSSR count). The highest BCUT2D eigenvalue weighted by atomic mass is 16.4. The number of aryl methyl sites for hydroxylation is 1. The van der Waals surface area contributed by atoms with Gasteiger partial charge in [0.1, 0.15) is 0 Å². The van der Waals surface area contributed by atoms with E-state index < -0.39 is 5.97 Å². The van der Waals surface area contributed by atoms with Crippen LogP contribution in [0.15, 0.2) is 12.4 Å². The lowest BCUT2D eigenvalue weighted by Crippen LogP contribution is -2.38. The Morgan fingerprint density at radius 3 is 3.12 bits per heavy atom. The standard InChI is InChI=1S/C12H19N3O2/c1-2-15-8-10(6-13-15)7-14-5-3-4-11(9-14)12(16)17/h6,8,11H,2-5,7,9H2,1H3,(H,16,17)/t11-/m1/s1. The van der Waals surface area contributed by atoms with E-state index in [0.29, 0.717) is 6.54 Å². The van der Waals surface area contributed by atoms with E-state index >= 15 is 0 Å². The molecule has 0 saturated carbocycles. The van der Waals surface area contributed by atoms with Crippen LogP contribution in [0.1, 0.15) is 25.3 Å². The van der Waals surface area contributed by atoms with Crippen molar-refractivity contribution >= 4 is 5.97 Å². The van der Waals surface area contributed by atoms with E-state index in [-0.39, 0.29) is 5.92 Å². The molecule has 1 N–H and O–H groups in total. The van der Waals surface area contributed by atoms with Crippen molar-refractivity contribution in [3.8, 4) is 0 Å². The van der Waals surface area contributed by atoms with Crippen molar-refractivity contribution in [1.82, 2.24) is 14.7 Å². The van der Waals surface area contributed by atoms with Crippen molar-refractivity contribution in [2.75, 3.05) is 13.1 Å². The maximum absolute atomic E-state index is 11.0. The molecule has 1 aromatic rings. The topological polar surface area (TPSA) is 58.4 Å². The van der Waals surface area contributed by atoms with Gasteiger partial charge in [-0.2, -0.15) is 5.10 Å². The van der Waals surface area contributed by atoms with Crippen LogP contribution in [0.4, 0.5) is 0 Å². The third-order valence-electron chi connectivity index (χ3n) is 3.27. The van der Waals surface area contributed by atoms with E-state index in [9.17, 15) is 4.79 Å². The van der Waals surface area contributed by atoms with Crippen molar-refractivity contribution in [3.05, 3.63) is 18.0 Å². The van der Waals surface area contributed by atoms with Gasteiger partial charge in [-0.05, 0) is 26.3 Å². The smallest absolute Gasteiger partial charge is 0.307 e. The predicted octanol–water partition coefficient (Wildman–Crippen LogP) is 1.20. The third-order valence-corrected chi connectivity index (χ3v) is 3.27. The second kappa shape index (κ2) is 5.31. The summed E-state index contributed by atoms with van der Waals surface area (Å²) in [6.07, 6.45) is 5.68. The number of hydrogen-bond donors (Lipinski definition) is 1. The summed E-state index contributed by atoms with van der Waals surface area (Å²) in [5.74, 6) is -0.871. The number of carboxylic acids is 1. The van der Waals surface area contributed by atoms with Gasteiger partial charge in [-0.3, -0.25) is 14.4 Å². The fourth-order valence-corrected chi connectivity index (χ4v) is 2.32. The average molecular weight is 237 g/mol. The summed E-state index contributed by atoms with van der Waals surface area (Å²) >= 11 is 0. The lowest BCUT2D eigenvalue weighted by atomic mass is 9.98. The van der Waals surface area contributed by atoms with Crippen molar-refractivity contribution in [3.63, 3.8) is 0 Å². The van der Waals surface area contributed by atoms with Gasteiger partial charge in [-0.1, -0.05) is 0 Å². The summed E-state index contributed by atoms with van der Waals surface area (Å²) in [5, 5.41) is 13.2. The molecule has 0 bridgehead atoms. The number of aromatic nitrogens is 2. The largest absolute Gasteiger partial charge is 0.481 e. The van der Waals surface area contributed by atoms with Crippen molar-refractivity contribution in [1.29, 1.82) is 0 Å². The molecular formula is C12H19N3O2. The Balaban J connectivity index is 1.92. The minimum absolute atomic E-state index is 0.204. The Bertz CT molecular complexity index is 389. The van der Waals surface area contributed by atoms with E-state index in [4.69, 9.17) is 5.11 Å². The molecule has 1 aliphatic heterocycles. The lowest BCUT2D eigenvalue weighted by Gasteiger charge is -2.30. The Hall–Kier alpha value is -1.36. The minimum Gasteiger partial charge on any atom is -0.481 e. The second-order valence-electron chi connectivity index (χ2n) is 4.62. The SMILES string of the molecule is CCn1cc(CN2CCC[C@@H](C(=O)O)C2)cn1. The van der Waals surface area contributed by atoms with Crippen LogP contribution < -0.4 is 0 Å². The fraction of sp³-hybridized carbons (Fsp3) is 0.667. The molecule has 5 heteroatoms. The van der Waals surface area contributed by atoms with Gasteiger partial charge < -0.3 is 5.11 Å². The minimum atomic E-state index is -0.668. The van der Waals surface area contributed by atoms with Gasteiger partial charge in [0, 0.05) is 31.4 Å². The van der Waals surface area contributed by atoms with E-state index in [1.54, 1.807) is 0 Å². The van der Waals surface area contributed by atoms with Gasteiger partial charge >= 0.3 is 5.97 Å². The van der Waals surface area contributed by atoms with Gasteiger partial charge in [0.2, 0.25) is 0 Å². The molecule has 94 valence electrons. The number of rotatable bonds is 4. The molecule has 0 spiro atoms. The van der Waals surface area contributed by atoms with Crippen LogP contribution in [0, 0.1) is 5.92 Å². The Morgan fingerprint density at radius 1 is 1.65 bits per heavy atom. The molecule has 1 aromatic heterocycles. The van der Waals surface area contributed by atoms with Crippen LogP contribution in [-0.2, 0) is 17.9 Å². The molecular weight excluding hydrogens is 218 g/mol. The Kier molecular flexibility index (Phi) is 3.78. The van der Waals surface area contributed by atoms with Gasteiger partial charge in [0.05, 0.1) is 12.1 Å². The van der Waals surface area contributed by atoms with Crippen LogP contribution in [0.5, 0.6) is 0 Å². The zero-order valence-electron chi connectivity index (χ0n) is 10.2. The number of piperidine rings is 1. The second-order valence-corrected chi connectivity index (χ2v) is 4.62. The number of carbonyl (C=O) groups is 1. The highest BCUT2D eigenvalue weighted by Gasteiger charge is 2.25. The van der Waals surface area contributed by atoms with Gasteiger partial charge in [0.25, 0.3) is 0 Å². The summed E-state index contributed by atoms with van der Waals surface area (Å²) in [5.41, 5.74) is 1.16. The van der Waals surface area contributed by atoms with Gasteiger partial charge in [0.15, 0.2) is 0 Å². The molecule has 0 amide bonds. The van der Waals surface area contributed by atoms with E-state index in [2.05, 4.69) is 16.9 Å². The van der Waals surface area contributed by atoms with Crippen LogP contribution in [0.3, 0.4) is 0 Å². The number of likely N-dealkylation sites (tertiary alicyclic amines) is 1. The molecule has 1 fully saturated rings. The molecule has 0 radical (unpaired) electrons. The Labute approximate surface area is 101 Å². The quantitative estimate of drug-likeness (QED) is 0.855. The first-order valence-corrected chi connectivity index (χ1v) is 6.15. The molecule has 1 aliphatic rings. The van der Waals surface area contributed by atoms with Crippen molar-refractivity contribution in [2.24, 2.45) is 5.92 Å². The molecule has 2 heterocycles.